The molecule has 0 spiro atoms. The van der Waals surface area contributed by atoms with Crippen LogP contribution in [-0.4, -0.2) is 9.97 Å². The van der Waals surface area contributed by atoms with Crippen molar-refractivity contribution in [3.05, 3.63) is 169 Å². The molecule has 2 aromatic heterocycles. The van der Waals surface area contributed by atoms with E-state index in [4.69, 9.17) is 14.4 Å². The van der Waals surface area contributed by atoms with Crippen LogP contribution in [0.4, 0.5) is 0 Å². The quantitative estimate of drug-likeness (QED) is 0.192. The molecule has 9 aromatic rings. The van der Waals surface area contributed by atoms with Crippen LogP contribution in [0.3, 0.4) is 0 Å². The zero-order valence-corrected chi connectivity index (χ0v) is 27.8. The van der Waals surface area contributed by atoms with E-state index in [0.717, 1.165) is 61.1 Å². The summed E-state index contributed by atoms with van der Waals surface area (Å²) in [6.07, 6.45) is 0. The monoisotopic (exact) mass is 640 g/mol. The first-order chi connectivity index (χ1) is 24.5. The molecule has 0 radical (unpaired) electrons. The summed E-state index contributed by atoms with van der Waals surface area (Å²) in [4.78, 5) is 10.6. The molecular weight excluding hydrogens is 609 g/mol. The van der Waals surface area contributed by atoms with E-state index in [1.165, 1.54) is 33.0 Å². The smallest absolute Gasteiger partial charge is 0.160 e. The second kappa shape index (κ2) is 10.8. The third-order valence-corrected chi connectivity index (χ3v) is 10.5. The van der Waals surface area contributed by atoms with E-state index in [1.807, 2.05) is 30.3 Å². The van der Waals surface area contributed by atoms with E-state index < -0.39 is 0 Å². The summed E-state index contributed by atoms with van der Waals surface area (Å²) in [6, 6.07) is 55.8. The van der Waals surface area contributed by atoms with Gasteiger partial charge in [0.2, 0.25) is 0 Å². The van der Waals surface area contributed by atoms with Crippen molar-refractivity contribution in [1.29, 1.82) is 0 Å². The van der Waals surface area contributed by atoms with Gasteiger partial charge in [-0.3, -0.25) is 0 Å². The van der Waals surface area contributed by atoms with Gasteiger partial charge in [0.05, 0.1) is 11.4 Å². The van der Waals surface area contributed by atoms with Gasteiger partial charge in [-0.25, -0.2) is 9.97 Å². The van der Waals surface area contributed by atoms with Gasteiger partial charge in [-0.1, -0.05) is 141 Å². The molecule has 0 atom stereocenters. The van der Waals surface area contributed by atoms with Gasteiger partial charge < -0.3 is 4.42 Å². The van der Waals surface area contributed by atoms with Gasteiger partial charge in [-0.05, 0) is 74.5 Å². The Kier molecular flexibility index (Phi) is 6.22. The number of para-hydroxylation sites is 1. The summed E-state index contributed by atoms with van der Waals surface area (Å²) in [5.41, 5.74) is 14.0. The molecule has 3 heteroatoms. The van der Waals surface area contributed by atoms with E-state index >= 15 is 0 Å². The lowest BCUT2D eigenvalue weighted by atomic mass is 9.81. The third-order valence-electron chi connectivity index (χ3n) is 10.5. The molecular formula is C47H32N2O. The number of aromatic nitrogens is 2. The Hall–Kier alpha value is -6.32. The lowest BCUT2D eigenvalue weighted by Crippen LogP contribution is -2.14. The summed E-state index contributed by atoms with van der Waals surface area (Å²) in [7, 11) is 0. The maximum Gasteiger partial charge on any atom is 0.160 e. The molecule has 0 saturated carbocycles. The number of hydrogen-bond donors (Lipinski definition) is 0. The van der Waals surface area contributed by atoms with Crippen molar-refractivity contribution in [2.75, 3.05) is 0 Å². The number of rotatable bonds is 4. The summed E-state index contributed by atoms with van der Waals surface area (Å²) in [5.74, 6) is 0.702. The molecule has 2 heterocycles. The van der Waals surface area contributed by atoms with Gasteiger partial charge in [0.1, 0.15) is 11.2 Å². The van der Waals surface area contributed by atoms with Gasteiger partial charge in [-0.15, -0.1) is 0 Å². The van der Waals surface area contributed by atoms with Crippen molar-refractivity contribution in [2.24, 2.45) is 0 Å². The Morgan fingerprint density at radius 1 is 0.460 bits per heavy atom. The summed E-state index contributed by atoms with van der Waals surface area (Å²) < 4.78 is 6.30. The molecule has 0 fully saturated rings. The largest absolute Gasteiger partial charge is 0.456 e. The van der Waals surface area contributed by atoms with E-state index in [2.05, 4.69) is 141 Å². The first-order valence-corrected chi connectivity index (χ1v) is 17.2. The standard InChI is InChI=1S/C47H32N2O/c1-47(2)38-23-12-22-35(44(38)37-26-30-16-6-7-17-31(30)27-39(37)47)41-28-40(48-46(49-41)29-14-4-3-5-15-29)33-19-9-8-18-32(33)34-21-13-25-43-45(34)36-20-10-11-24-42(36)50-43/h3-28H,1-2H3. The van der Waals surface area contributed by atoms with Crippen LogP contribution in [-0.2, 0) is 5.41 Å². The van der Waals surface area contributed by atoms with Crippen molar-refractivity contribution in [3.63, 3.8) is 0 Å². The average Bonchev–Trinajstić information content (AvgIpc) is 3.66. The summed E-state index contributed by atoms with van der Waals surface area (Å²) in [5, 5.41) is 4.73. The predicted octanol–water partition coefficient (Wildman–Crippen LogP) is 12.5. The molecule has 3 nitrogen and oxygen atoms in total. The first-order valence-electron chi connectivity index (χ1n) is 17.2. The number of fused-ring (bicyclic) bond motifs is 7. The van der Waals surface area contributed by atoms with E-state index in [0.29, 0.717) is 5.82 Å². The zero-order chi connectivity index (χ0) is 33.4. The average molecular weight is 641 g/mol. The van der Waals surface area contributed by atoms with Crippen LogP contribution in [0.15, 0.2) is 162 Å². The molecule has 0 unspecified atom stereocenters. The van der Waals surface area contributed by atoms with Crippen LogP contribution in [0.1, 0.15) is 25.0 Å². The Morgan fingerprint density at radius 3 is 1.92 bits per heavy atom. The van der Waals surface area contributed by atoms with Crippen molar-refractivity contribution in [2.45, 2.75) is 19.3 Å². The normalized spacial score (nSPS) is 13.2. The lowest BCUT2D eigenvalue weighted by Gasteiger charge is -2.22. The molecule has 0 N–H and O–H groups in total. The van der Waals surface area contributed by atoms with E-state index in [1.54, 1.807) is 0 Å². The third kappa shape index (κ3) is 4.30. The highest BCUT2D eigenvalue weighted by Gasteiger charge is 2.37. The minimum atomic E-state index is -0.151. The van der Waals surface area contributed by atoms with Crippen LogP contribution in [0, 0.1) is 0 Å². The number of nitrogens with zero attached hydrogens (tertiary/aromatic N) is 2. The first kappa shape index (κ1) is 28.7. The van der Waals surface area contributed by atoms with Crippen LogP contribution in [0.2, 0.25) is 0 Å². The molecule has 50 heavy (non-hydrogen) atoms. The maximum atomic E-state index is 6.30. The van der Waals surface area contributed by atoms with Crippen molar-refractivity contribution in [1.82, 2.24) is 9.97 Å². The second-order valence-corrected chi connectivity index (χ2v) is 13.7. The molecule has 1 aliphatic rings. The minimum Gasteiger partial charge on any atom is -0.456 e. The predicted molar refractivity (Wildman–Crippen MR) is 206 cm³/mol. The van der Waals surface area contributed by atoms with Crippen molar-refractivity contribution in [3.8, 4) is 56.2 Å². The fourth-order valence-electron chi connectivity index (χ4n) is 8.07. The molecule has 0 amide bonds. The van der Waals surface area contributed by atoms with Gasteiger partial charge in [0, 0.05) is 32.9 Å². The number of benzene rings is 7. The fraction of sp³-hybridized carbons (Fsp3) is 0.0638. The highest BCUT2D eigenvalue weighted by atomic mass is 16.3. The lowest BCUT2D eigenvalue weighted by molar-refractivity contribution is 0.661. The molecule has 236 valence electrons. The van der Waals surface area contributed by atoms with Gasteiger partial charge >= 0.3 is 0 Å². The Bertz CT molecular complexity index is 2790. The molecule has 7 aromatic carbocycles. The van der Waals surface area contributed by atoms with Crippen LogP contribution >= 0.6 is 0 Å². The van der Waals surface area contributed by atoms with Gasteiger partial charge in [-0.2, -0.15) is 0 Å². The molecule has 0 aliphatic heterocycles. The molecule has 1 aliphatic carbocycles. The Morgan fingerprint density at radius 2 is 1.08 bits per heavy atom. The number of furan rings is 1. The van der Waals surface area contributed by atoms with Crippen molar-refractivity contribution < 1.29 is 4.42 Å². The van der Waals surface area contributed by atoms with Gasteiger partial charge in [0.25, 0.3) is 0 Å². The Balaban J connectivity index is 1.24. The van der Waals surface area contributed by atoms with Crippen LogP contribution in [0.5, 0.6) is 0 Å². The Labute approximate surface area is 290 Å². The minimum absolute atomic E-state index is 0.151. The van der Waals surface area contributed by atoms with Crippen molar-refractivity contribution >= 4 is 32.7 Å². The summed E-state index contributed by atoms with van der Waals surface area (Å²) in [6.45, 7) is 4.68. The fourth-order valence-corrected chi connectivity index (χ4v) is 8.07. The van der Waals surface area contributed by atoms with E-state index in [-0.39, 0.29) is 5.41 Å². The molecule has 10 rings (SSSR count). The SMILES string of the molecule is CC1(C)c2cc3ccccc3cc2-c2c(-c3cc(-c4ccccc4-c4cccc5oc6ccccc6c45)nc(-c4ccccc4)n3)cccc21. The van der Waals surface area contributed by atoms with E-state index in [9.17, 15) is 0 Å². The maximum absolute atomic E-state index is 6.30. The van der Waals surface area contributed by atoms with Gasteiger partial charge in [0.15, 0.2) is 5.82 Å². The number of hydrogen-bond acceptors (Lipinski definition) is 3. The molecule has 0 saturated heterocycles. The zero-order valence-electron chi connectivity index (χ0n) is 27.8. The van der Waals surface area contributed by atoms with Crippen LogP contribution < -0.4 is 0 Å². The highest BCUT2D eigenvalue weighted by molar-refractivity contribution is 6.13. The highest BCUT2D eigenvalue weighted by Crippen LogP contribution is 2.53. The molecule has 0 bridgehead atoms. The topological polar surface area (TPSA) is 38.9 Å². The second-order valence-electron chi connectivity index (χ2n) is 13.7. The van der Waals surface area contributed by atoms with Crippen LogP contribution in [0.25, 0.3) is 88.9 Å². The summed E-state index contributed by atoms with van der Waals surface area (Å²) >= 11 is 0.